The Bertz CT molecular complexity index is 2040. The second kappa shape index (κ2) is 13.1. The van der Waals surface area contributed by atoms with Crippen LogP contribution < -0.4 is 0 Å². The molecule has 0 saturated heterocycles. The van der Waals surface area contributed by atoms with Crippen LogP contribution in [0.4, 0.5) is 0 Å². The number of hydrogen-bond acceptors (Lipinski definition) is 6. The number of rotatable bonds is 8. The summed E-state index contributed by atoms with van der Waals surface area (Å²) in [7, 11) is 0. The summed E-state index contributed by atoms with van der Waals surface area (Å²) in [5, 5.41) is 4.52. The second-order valence-electron chi connectivity index (χ2n) is 11.1. The number of carbonyl (C=O) groups excluding carboxylic acids is 3. The Labute approximate surface area is 276 Å². The summed E-state index contributed by atoms with van der Waals surface area (Å²) in [6.07, 6.45) is 0. The van der Waals surface area contributed by atoms with E-state index < -0.39 is 37.5 Å². The standard InChI is InChI=1S/3C11H8O2.C7H7.Sn/c3*12-11(13)10-7-3-5-8-4-1-2-6-9(8)10;1-7-5-3-2-4-6-7;/h3*1-7H,(H,12,13);2-6H,1H2;/q;;;;+3/p-3. The van der Waals surface area contributed by atoms with Crippen molar-refractivity contribution >= 4 is 69.8 Å². The number of carbonyl (C=O) groups is 3. The zero-order valence-electron chi connectivity index (χ0n) is 25.2. The second-order valence-corrected chi connectivity index (χ2v) is 17.7. The molecule has 0 aliphatic carbocycles. The molecule has 7 aromatic rings. The van der Waals surface area contributed by atoms with Crippen LogP contribution in [-0.2, 0) is 13.7 Å². The molecule has 47 heavy (non-hydrogen) atoms. The molecule has 0 saturated carbocycles. The van der Waals surface area contributed by atoms with Crippen molar-refractivity contribution in [3.63, 3.8) is 0 Å². The van der Waals surface area contributed by atoms with Crippen molar-refractivity contribution in [2.75, 3.05) is 0 Å². The van der Waals surface area contributed by atoms with E-state index in [1.54, 1.807) is 36.4 Å². The van der Waals surface area contributed by atoms with Crippen molar-refractivity contribution in [1.29, 1.82) is 0 Å². The summed E-state index contributed by atoms with van der Waals surface area (Å²) in [6.45, 7) is 0. The zero-order valence-corrected chi connectivity index (χ0v) is 28.0. The molecule has 0 aliphatic heterocycles. The monoisotopic (exact) mass is 724 g/mol. The van der Waals surface area contributed by atoms with Gasteiger partial charge in [0.05, 0.1) is 0 Å². The Balaban J connectivity index is 1.36. The van der Waals surface area contributed by atoms with E-state index >= 15 is 0 Å². The molecule has 0 fully saturated rings. The average molecular weight is 723 g/mol. The predicted octanol–water partition coefficient (Wildman–Crippen LogP) is 8.74. The van der Waals surface area contributed by atoms with E-state index in [1.165, 1.54) is 0 Å². The van der Waals surface area contributed by atoms with E-state index in [-0.39, 0.29) is 21.1 Å². The number of fused-ring (bicyclic) bond motifs is 3. The Morgan fingerprint density at radius 3 is 1.09 bits per heavy atom. The van der Waals surface area contributed by atoms with Crippen LogP contribution >= 0.6 is 0 Å². The summed E-state index contributed by atoms with van der Waals surface area (Å²) in [4.78, 5) is 42.5. The van der Waals surface area contributed by atoms with Crippen LogP contribution in [0, 0.1) is 0 Å². The molecule has 7 heteroatoms. The molecule has 0 aliphatic rings. The molecule has 7 aromatic carbocycles. The molecule has 0 aromatic heterocycles. The van der Waals surface area contributed by atoms with Gasteiger partial charge in [-0.15, -0.1) is 0 Å². The molecule has 0 radical (unpaired) electrons. The van der Waals surface area contributed by atoms with Crippen LogP contribution in [0.15, 0.2) is 158 Å². The number of benzene rings is 7. The van der Waals surface area contributed by atoms with Gasteiger partial charge in [-0.1, -0.05) is 0 Å². The summed E-state index contributed by atoms with van der Waals surface area (Å²) < 4.78 is 18.9. The first kappa shape index (κ1) is 30.2. The van der Waals surface area contributed by atoms with Gasteiger partial charge in [0.2, 0.25) is 0 Å². The number of hydrogen-bond donors (Lipinski definition) is 0. The topological polar surface area (TPSA) is 78.9 Å². The van der Waals surface area contributed by atoms with Gasteiger partial charge in [0.15, 0.2) is 0 Å². The SMILES string of the molecule is O=C([O][Sn]([CH2]c1ccccc1)([O]C(=O)c1cccc2ccccc12)[O]C(=O)c1cccc2ccccc12)c1cccc2ccccc12. The molecule has 0 atom stereocenters. The average Bonchev–Trinajstić information content (AvgIpc) is 3.11. The van der Waals surface area contributed by atoms with Crippen molar-refractivity contribution in [1.82, 2.24) is 0 Å². The van der Waals surface area contributed by atoms with Crippen molar-refractivity contribution in [3.05, 3.63) is 180 Å². The first-order chi connectivity index (χ1) is 23.0. The van der Waals surface area contributed by atoms with Crippen LogP contribution in [0.2, 0.25) is 0 Å². The Kier molecular flexibility index (Phi) is 8.42. The molecule has 0 bridgehead atoms. The van der Waals surface area contributed by atoms with Gasteiger partial charge in [-0.05, 0) is 0 Å². The van der Waals surface area contributed by atoms with E-state index in [1.807, 2.05) is 121 Å². The van der Waals surface area contributed by atoms with Gasteiger partial charge in [0.1, 0.15) is 0 Å². The van der Waals surface area contributed by atoms with Crippen molar-refractivity contribution in [2.45, 2.75) is 4.44 Å². The normalized spacial score (nSPS) is 11.3. The first-order valence-corrected chi connectivity index (χ1v) is 20.7. The third-order valence-electron chi connectivity index (χ3n) is 8.04. The molecule has 228 valence electrons. The Hall–Kier alpha value is -5.47. The van der Waals surface area contributed by atoms with E-state index in [9.17, 15) is 14.4 Å². The van der Waals surface area contributed by atoms with Crippen LogP contribution in [-0.4, -0.2) is 37.5 Å². The van der Waals surface area contributed by atoms with Crippen LogP contribution in [0.5, 0.6) is 0 Å². The van der Waals surface area contributed by atoms with E-state index in [2.05, 4.69) is 0 Å². The fraction of sp³-hybridized carbons (Fsp3) is 0.0250. The van der Waals surface area contributed by atoms with Gasteiger partial charge in [-0.3, -0.25) is 0 Å². The quantitative estimate of drug-likeness (QED) is 0.146. The first-order valence-electron chi connectivity index (χ1n) is 15.2. The van der Waals surface area contributed by atoms with E-state index in [4.69, 9.17) is 9.22 Å². The van der Waals surface area contributed by atoms with E-state index in [0.29, 0.717) is 21.7 Å². The van der Waals surface area contributed by atoms with Crippen molar-refractivity contribution in [2.24, 2.45) is 0 Å². The van der Waals surface area contributed by atoms with Gasteiger partial charge < -0.3 is 0 Å². The van der Waals surface area contributed by atoms with Gasteiger partial charge in [0.25, 0.3) is 0 Å². The van der Waals surface area contributed by atoms with Crippen LogP contribution in [0.1, 0.15) is 36.6 Å². The molecule has 0 unspecified atom stereocenters. The summed E-state index contributed by atoms with van der Waals surface area (Å²) in [6, 6.07) is 47.4. The van der Waals surface area contributed by atoms with Gasteiger partial charge >= 0.3 is 278 Å². The summed E-state index contributed by atoms with van der Waals surface area (Å²) >= 11 is -5.66. The fourth-order valence-corrected chi connectivity index (χ4v) is 12.3. The molecule has 0 heterocycles. The van der Waals surface area contributed by atoms with Crippen LogP contribution in [0.3, 0.4) is 0 Å². The molecule has 0 amide bonds. The van der Waals surface area contributed by atoms with Gasteiger partial charge in [-0.2, -0.15) is 0 Å². The predicted molar refractivity (Wildman–Crippen MR) is 184 cm³/mol. The minimum absolute atomic E-state index is 0.0565. The molecule has 0 N–H and O–H groups in total. The zero-order chi connectivity index (χ0) is 32.2. The van der Waals surface area contributed by atoms with E-state index in [0.717, 1.165) is 16.2 Å². The van der Waals surface area contributed by atoms with Gasteiger partial charge in [0, 0.05) is 0 Å². The maximum absolute atomic E-state index is 14.2. The van der Waals surface area contributed by atoms with Gasteiger partial charge in [-0.25, -0.2) is 0 Å². The van der Waals surface area contributed by atoms with Crippen LogP contribution in [0.25, 0.3) is 32.3 Å². The molecule has 0 spiro atoms. The third kappa shape index (κ3) is 6.33. The Morgan fingerprint density at radius 1 is 0.383 bits per heavy atom. The maximum atomic E-state index is 14.2. The minimum atomic E-state index is -5.66. The molecular weight excluding hydrogens is 695 g/mol. The fourth-order valence-electron chi connectivity index (χ4n) is 5.82. The molecule has 7 rings (SSSR count). The third-order valence-corrected chi connectivity index (χ3v) is 14.7. The molecule has 6 nitrogen and oxygen atoms in total. The Morgan fingerprint density at radius 2 is 0.702 bits per heavy atom. The van der Waals surface area contributed by atoms with Crippen molar-refractivity contribution in [3.8, 4) is 0 Å². The molecular formula is C40H28O6Sn. The summed E-state index contributed by atoms with van der Waals surface area (Å²) in [5.74, 6) is -2.19. The summed E-state index contributed by atoms with van der Waals surface area (Å²) in [5.41, 5.74) is 1.53. The van der Waals surface area contributed by atoms with Crippen molar-refractivity contribution < 1.29 is 23.6 Å².